The van der Waals surface area contributed by atoms with Crippen molar-refractivity contribution in [3.8, 4) is 5.75 Å². The quantitative estimate of drug-likeness (QED) is 0.691. The fourth-order valence-electron chi connectivity index (χ4n) is 2.07. The van der Waals surface area contributed by atoms with Gasteiger partial charge >= 0.3 is 0 Å². The van der Waals surface area contributed by atoms with Crippen molar-refractivity contribution in [3.63, 3.8) is 0 Å². The van der Waals surface area contributed by atoms with Crippen molar-refractivity contribution in [2.24, 2.45) is 11.7 Å². The van der Waals surface area contributed by atoms with Crippen LogP contribution in [0.3, 0.4) is 0 Å². The topological polar surface area (TPSA) is 75.3 Å². The molecule has 1 rings (SSSR count). The van der Waals surface area contributed by atoms with Gasteiger partial charge in [0.1, 0.15) is 5.75 Å². The second kappa shape index (κ2) is 7.14. The number of phenolic OH excluding ortho intramolecular Hbond substituents is 1. The number of aryl methyl sites for hydroxylation is 2. The van der Waals surface area contributed by atoms with Crippen LogP contribution in [0.1, 0.15) is 37.3 Å². The summed E-state index contributed by atoms with van der Waals surface area (Å²) in [7, 11) is 0. The average molecular weight is 264 g/mol. The Hall–Kier alpha value is -1.55. The summed E-state index contributed by atoms with van der Waals surface area (Å²) in [5.41, 5.74) is 7.76. The molecule has 1 aromatic rings. The molecule has 0 saturated heterocycles. The van der Waals surface area contributed by atoms with E-state index in [1.54, 1.807) is 6.07 Å². The number of carbonyl (C=O) groups is 1. The number of nitrogens with two attached hydrogens (primary N) is 1. The van der Waals surface area contributed by atoms with E-state index in [1.165, 1.54) is 0 Å². The lowest BCUT2D eigenvalue weighted by atomic mass is 10.0. The number of aromatic hydroxyl groups is 1. The van der Waals surface area contributed by atoms with Gasteiger partial charge in [-0.05, 0) is 56.3 Å². The molecule has 0 fully saturated rings. The van der Waals surface area contributed by atoms with E-state index in [1.807, 2.05) is 19.9 Å². The summed E-state index contributed by atoms with van der Waals surface area (Å²) in [6, 6.07) is 3.66. The van der Waals surface area contributed by atoms with Crippen LogP contribution in [0.4, 0.5) is 5.69 Å². The highest BCUT2D eigenvalue weighted by atomic mass is 16.3. The number of amides is 1. The van der Waals surface area contributed by atoms with Gasteiger partial charge in [-0.25, -0.2) is 0 Å². The molecule has 0 aliphatic carbocycles. The molecule has 0 aliphatic rings. The fourth-order valence-corrected chi connectivity index (χ4v) is 2.07. The summed E-state index contributed by atoms with van der Waals surface area (Å²) >= 11 is 0. The molecule has 0 saturated carbocycles. The third kappa shape index (κ3) is 4.91. The van der Waals surface area contributed by atoms with Gasteiger partial charge in [0, 0.05) is 6.42 Å². The molecule has 106 valence electrons. The van der Waals surface area contributed by atoms with Gasteiger partial charge in [0.2, 0.25) is 5.91 Å². The molecule has 1 aromatic carbocycles. The first-order chi connectivity index (χ1) is 8.93. The first kappa shape index (κ1) is 15.5. The largest absolute Gasteiger partial charge is 0.505 e. The SMILES string of the molecule is Cc1cc(C)c(O)c(NC(=O)CCC(C)CCN)c1. The van der Waals surface area contributed by atoms with E-state index in [2.05, 4.69) is 12.2 Å². The molecule has 1 unspecified atom stereocenters. The molecule has 0 aliphatic heterocycles. The lowest BCUT2D eigenvalue weighted by molar-refractivity contribution is -0.116. The van der Waals surface area contributed by atoms with Crippen molar-refractivity contribution in [2.45, 2.75) is 40.0 Å². The van der Waals surface area contributed by atoms with E-state index in [0.29, 0.717) is 24.6 Å². The Bertz CT molecular complexity index is 444. The van der Waals surface area contributed by atoms with E-state index in [-0.39, 0.29) is 11.7 Å². The third-order valence-electron chi connectivity index (χ3n) is 3.24. The normalized spacial score (nSPS) is 12.2. The molecule has 4 nitrogen and oxygen atoms in total. The van der Waals surface area contributed by atoms with E-state index in [0.717, 1.165) is 24.0 Å². The highest BCUT2D eigenvalue weighted by molar-refractivity contribution is 5.92. The average Bonchev–Trinajstić information content (AvgIpc) is 2.33. The lowest BCUT2D eigenvalue weighted by Crippen LogP contribution is -2.14. The zero-order chi connectivity index (χ0) is 14.4. The number of nitrogens with one attached hydrogen (secondary N) is 1. The Morgan fingerprint density at radius 3 is 2.68 bits per heavy atom. The van der Waals surface area contributed by atoms with Gasteiger partial charge in [-0.3, -0.25) is 4.79 Å². The second-order valence-electron chi connectivity index (χ2n) is 5.25. The first-order valence-corrected chi connectivity index (χ1v) is 6.74. The zero-order valence-electron chi connectivity index (χ0n) is 12.0. The summed E-state index contributed by atoms with van der Waals surface area (Å²) < 4.78 is 0. The molecule has 1 amide bonds. The number of hydrogen-bond acceptors (Lipinski definition) is 3. The Morgan fingerprint density at radius 1 is 1.37 bits per heavy atom. The molecule has 4 heteroatoms. The molecule has 0 bridgehead atoms. The van der Waals surface area contributed by atoms with Crippen LogP contribution >= 0.6 is 0 Å². The maximum atomic E-state index is 11.8. The number of hydrogen-bond donors (Lipinski definition) is 3. The van der Waals surface area contributed by atoms with Crippen molar-refractivity contribution in [1.82, 2.24) is 0 Å². The molecule has 0 heterocycles. The Kier molecular flexibility index (Phi) is 5.83. The third-order valence-corrected chi connectivity index (χ3v) is 3.24. The Balaban J connectivity index is 2.58. The number of carbonyl (C=O) groups excluding carboxylic acids is 1. The summed E-state index contributed by atoms with van der Waals surface area (Å²) in [6.45, 7) is 6.50. The Labute approximate surface area is 115 Å². The fraction of sp³-hybridized carbons (Fsp3) is 0.533. The van der Waals surface area contributed by atoms with Gasteiger partial charge in [0.15, 0.2) is 0 Å². The minimum atomic E-state index is -0.0656. The molecule has 0 spiro atoms. The predicted molar refractivity (Wildman–Crippen MR) is 78.3 cm³/mol. The van der Waals surface area contributed by atoms with Crippen LogP contribution in [-0.4, -0.2) is 17.6 Å². The summed E-state index contributed by atoms with van der Waals surface area (Å²) in [5, 5.41) is 12.7. The number of phenols is 1. The van der Waals surface area contributed by atoms with Crippen LogP contribution in [0.15, 0.2) is 12.1 Å². The second-order valence-corrected chi connectivity index (χ2v) is 5.25. The van der Waals surface area contributed by atoms with E-state index in [9.17, 15) is 9.90 Å². The van der Waals surface area contributed by atoms with E-state index in [4.69, 9.17) is 5.73 Å². The van der Waals surface area contributed by atoms with E-state index >= 15 is 0 Å². The maximum Gasteiger partial charge on any atom is 0.224 e. The van der Waals surface area contributed by atoms with Gasteiger partial charge in [0.05, 0.1) is 5.69 Å². The van der Waals surface area contributed by atoms with Crippen LogP contribution in [0.25, 0.3) is 0 Å². The molecule has 19 heavy (non-hydrogen) atoms. The van der Waals surface area contributed by atoms with Crippen molar-refractivity contribution < 1.29 is 9.90 Å². The first-order valence-electron chi connectivity index (χ1n) is 6.74. The van der Waals surface area contributed by atoms with E-state index < -0.39 is 0 Å². The molecule has 1 atom stereocenters. The van der Waals surface area contributed by atoms with Crippen molar-refractivity contribution in [2.75, 3.05) is 11.9 Å². The van der Waals surface area contributed by atoms with Crippen molar-refractivity contribution in [1.29, 1.82) is 0 Å². The molecule has 0 aromatic heterocycles. The molecule has 4 N–H and O–H groups in total. The predicted octanol–water partition coefficient (Wildman–Crippen LogP) is 2.71. The van der Waals surface area contributed by atoms with Crippen molar-refractivity contribution in [3.05, 3.63) is 23.3 Å². The zero-order valence-corrected chi connectivity index (χ0v) is 12.0. The molecule has 0 radical (unpaired) electrons. The van der Waals surface area contributed by atoms with Gasteiger partial charge in [0.25, 0.3) is 0 Å². The van der Waals surface area contributed by atoms with Crippen molar-refractivity contribution >= 4 is 11.6 Å². The molecular weight excluding hydrogens is 240 g/mol. The van der Waals surface area contributed by atoms with Gasteiger partial charge in [-0.2, -0.15) is 0 Å². The van der Waals surface area contributed by atoms with Crippen LogP contribution in [0, 0.1) is 19.8 Å². The van der Waals surface area contributed by atoms with Crippen LogP contribution in [0.5, 0.6) is 5.75 Å². The highest BCUT2D eigenvalue weighted by Gasteiger charge is 2.10. The minimum absolute atomic E-state index is 0.0656. The number of rotatable bonds is 6. The standard InChI is InChI=1S/C15H24N2O2/c1-10(6-7-16)4-5-14(18)17-13-9-11(2)8-12(3)15(13)19/h8-10,19H,4-7,16H2,1-3H3,(H,17,18). The number of anilines is 1. The number of benzene rings is 1. The minimum Gasteiger partial charge on any atom is -0.505 e. The van der Waals surface area contributed by atoms with Crippen LogP contribution < -0.4 is 11.1 Å². The van der Waals surface area contributed by atoms with Crippen LogP contribution in [-0.2, 0) is 4.79 Å². The van der Waals surface area contributed by atoms with Gasteiger partial charge < -0.3 is 16.2 Å². The summed E-state index contributed by atoms with van der Waals surface area (Å²) in [5.74, 6) is 0.529. The monoisotopic (exact) mass is 264 g/mol. The van der Waals surface area contributed by atoms with Gasteiger partial charge in [-0.15, -0.1) is 0 Å². The molecular formula is C15H24N2O2. The summed E-state index contributed by atoms with van der Waals surface area (Å²) in [4.78, 5) is 11.8. The summed E-state index contributed by atoms with van der Waals surface area (Å²) in [6.07, 6.45) is 2.20. The maximum absolute atomic E-state index is 11.8. The Morgan fingerprint density at radius 2 is 2.05 bits per heavy atom. The lowest BCUT2D eigenvalue weighted by Gasteiger charge is -2.12. The smallest absolute Gasteiger partial charge is 0.224 e. The van der Waals surface area contributed by atoms with Gasteiger partial charge in [-0.1, -0.05) is 13.0 Å². The van der Waals surface area contributed by atoms with Crippen LogP contribution in [0.2, 0.25) is 0 Å². The highest BCUT2D eigenvalue weighted by Crippen LogP contribution is 2.28.